The first-order valence-corrected chi connectivity index (χ1v) is 7.89. The zero-order chi connectivity index (χ0) is 12.3. The molecule has 0 saturated carbocycles. The molecule has 0 radical (unpaired) electrons. The van der Waals surface area contributed by atoms with E-state index in [-0.39, 0.29) is 6.04 Å². The van der Waals surface area contributed by atoms with E-state index in [0.717, 1.165) is 8.66 Å². The first kappa shape index (κ1) is 14.1. The summed E-state index contributed by atoms with van der Waals surface area (Å²) in [6.07, 6.45) is 0. The number of hydrogen-bond donors (Lipinski definition) is 2. The fraction of sp³-hybridized carbons (Fsp3) is 0.556. The van der Waals surface area contributed by atoms with Gasteiger partial charge in [0.2, 0.25) is 10.0 Å². The van der Waals surface area contributed by atoms with Crippen LogP contribution in [0.25, 0.3) is 0 Å². The summed E-state index contributed by atoms with van der Waals surface area (Å²) in [6.45, 7) is 4.09. The Balaban J connectivity index is 2.82. The number of thiophene rings is 1. The lowest BCUT2D eigenvalue weighted by molar-refractivity contribution is 0.554. The SMILES string of the molecule is CNC(C)CNS(=O)(=O)c1cc(Br)sc1C. The smallest absolute Gasteiger partial charge is 0.241 e. The fourth-order valence-corrected chi connectivity index (χ4v) is 4.65. The zero-order valence-corrected chi connectivity index (χ0v) is 12.6. The van der Waals surface area contributed by atoms with Crippen LogP contribution < -0.4 is 10.0 Å². The molecule has 0 fully saturated rings. The second-order valence-corrected chi connectivity index (χ2v) is 7.88. The van der Waals surface area contributed by atoms with Crippen molar-refractivity contribution in [2.45, 2.75) is 24.8 Å². The van der Waals surface area contributed by atoms with Crippen molar-refractivity contribution < 1.29 is 8.42 Å². The summed E-state index contributed by atoms with van der Waals surface area (Å²) in [5.74, 6) is 0. The molecule has 1 rings (SSSR count). The molecule has 0 aromatic carbocycles. The quantitative estimate of drug-likeness (QED) is 0.866. The van der Waals surface area contributed by atoms with Crippen LogP contribution in [-0.4, -0.2) is 28.1 Å². The largest absolute Gasteiger partial charge is 0.316 e. The lowest BCUT2D eigenvalue weighted by Crippen LogP contribution is -2.37. The normalized spacial score (nSPS) is 14.0. The van der Waals surface area contributed by atoms with Crippen LogP contribution in [0.5, 0.6) is 0 Å². The van der Waals surface area contributed by atoms with Crippen molar-refractivity contribution in [2.75, 3.05) is 13.6 Å². The molecular formula is C9H15BrN2O2S2. The maximum absolute atomic E-state index is 11.9. The molecule has 0 aliphatic carbocycles. The molecule has 16 heavy (non-hydrogen) atoms. The molecule has 1 aromatic rings. The predicted octanol–water partition coefficient (Wildman–Crippen LogP) is 1.71. The Morgan fingerprint density at radius 2 is 2.19 bits per heavy atom. The van der Waals surface area contributed by atoms with Crippen molar-refractivity contribution in [3.63, 3.8) is 0 Å². The number of hydrogen-bond acceptors (Lipinski definition) is 4. The van der Waals surface area contributed by atoms with Crippen molar-refractivity contribution in [1.82, 2.24) is 10.0 Å². The highest BCUT2D eigenvalue weighted by Crippen LogP contribution is 2.29. The van der Waals surface area contributed by atoms with Crippen LogP contribution in [0.2, 0.25) is 0 Å². The van der Waals surface area contributed by atoms with Crippen LogP contribution in [0.4, 0.5) is 0 Å². The van der Waals surface area contributed by atoms with Crippen LogP contribution in [-0.2, 0) is 10.0 Å². The maximum Gasteiger partial charge on any atom is 0.241 e. The van der Waals surface area contributed by atoms with Gasteiger partial charge in [0.1, 0.15) is 0 Å². The lowest BCUT2D eigenvalue weighted by Gasteiger charge is -2.11. The third-order valence-corrected chi connectivity index (χ3v) is 5.44. The Morgan fingerprint density at radius 1 is 1.56 bits per heavy atom. The number of aryl methyl sites for hydroxylation is 1. The van der Waals surface area contributed by atoms with Crippen LogP contribution in [0.15, 0.2) is 14.7 Å². The highest BCUT2D eigenvalue weighted by Gasteiger charge is 2.19. The molecule has 7 heteroatoms. The van der Waals surface area contributed by atoms with Gasteiger partial charge < -0.3 is 5.32 Å². The van der Waals surface area contributed by atoms with E-state index in [0.29, 0.717) is 11.4 Å². The Kier molecular flexibility index (Phi) is 4.93. The van der Waals surface area contributed by atoms with Crippen LogP contribution in [0.1, 0.15) is 11.8 Å². The van der Waals surface area contributed by atoms with E-state index < -0.39 is 10.0 Å². The van der Waals surface area contributed by atoms with E-state index in [1.54, 1.807) is 20.0 Å². The van der Waals surface area contributed by atoms with Gasteiger partial charge in [-0.25, -0.2) is 13.1 Å². The first-order valence-electron chi connectivity index (χ1n) is 4.79. The molecular weight excluding hydrogens is 312 g/mol. The van der Waals surface area contributed by atoms with Crippen molar-refractivity contribution in [3.8, 4) is 0 Å². The number of halogens is 1. The molecule has 0 aliphatic rings. The standard InChI is InChI=1S/C9H15BrN2O2S2/c1-6(11-3)5-12-16(13,14)8-4-9(10)15-7(8)2/h4,6,11-12H,5H2,1-3H3. The third-order valence-electron chi connectivity index (χ3n) is 2.20. The van der Waals surface area contributed by atoms with Crippen LogP contribution >= 0.6 is 27.3 Å². The Morgan fingerprint density at radius 3 is 2.62 bits per heavy atom. The van der Waals surface area contributed by atoms with Gasteiger partial charge in [-0.15, -0.1) is 11.3 Å². The van der Waals surface area contributed by atoms with E-state index in [1.165, 1.54) is 11.3 Å². The number of sulfonamides is 1. The maximum atomic E-state index is 11.9. The summed E-state index contributed by atoms with van der Waals surface area (Å²) >= 11 is 4.70. The Labute approximate surface area is 109 Å². The van der Waals surface area contributed by atoms with Gasteiger partial charge in [0.25, 0.3) is 0 Å². The average Bonchev–Trinajstić information content (AvgIpc) is 2.55. The zero-order valence-electron chi connectivity index (χ0n) is 9.37. The minimum atomic E-state index is -3.38. The highest BCUT2D eigenvalue weighted by molar-refractivity contribution is 9.11. The highest BCUT2D eigenvalue weighted by atomic mass is 79.9. The van der Waals surface area contributed by atoms with Gasteiger partial charge in [0, 0.05) is 17.5 Å². The van der Waals surface area contributed by atoms with Crippen molar-refractivity contribution in [3.05, 3.63) is 14.7 Å². The molecule has 0 spiro atoms. The van der Waals surface area contributed by atoms with Crippen LogP contribution in [0.3, 0.4) is 0 Å². The topological polar surface area (TPSA) is 58.2 Å². The molecule has 2 N–H and O–H groups in total. The van der Waals surface area contributed by atoms with Crippen LogP contribution in [0, 0.1) is 6.92 Å². The van der Waals surface area contributed by atoms with Crippen molar-refractivity contribution in [2.24, 2.45) is 0 Å². The summed E-state index contributed by atoms with van der Waals surface area (Å²) < 4.78 is 27.3. The van der Waals surface area contributed by atoms with E-state index in [9.17, 15) is 8.42 Å². The Bertz CT molecular complexity index is 456. The molecule has 1 heterocycles. The second-order valence-electron chi connectivity index (χ2n) is 3.51. The molecule has 0 bridgehead atoms. The summed E-state index contributed by atoms with van der Waals surface area (Å²) in [5, 5.41) is 2.98. The van der Waals surface area contributed by atoms with E-state index in [1.807, 2.05) is 6.92 Å². The minimum absolute atomic E-state index is 0.108. The van der Waals surface area contributed by atoms with E-state index in [4.69, 9.17) is 0 Å². The molecule has 0 amide bonds. The molecule has 0 saturated heterocycles. The van der Waals surface area contributed by atoms with E-state index >= 15 is 0 Å². The molecule has 4 nitrogen and oxygen atoms in total. The van der Waals surface area contributed by atoms with Gasteiger partial charge in [-0.05, 0) is 42.9 Å². The number of nitrogens with one attached hydrogen (secondary N) is 2. The lowest BCUT2D eigenvalue weighted by atomic mass is 10.4. The number of likely N-dealkylation sites (N-methyl/N-ethyl adjacent to an activating group) is 1. The summed E-state index contributed by atoms with van der Waals surface area (Å²) in [7, 11) is -1.59. The monoisotopic (exact) mass is 326 g/mol. The van der Waals surface area contributed by atoms with Gasteiger partial charge in [0.05, 0.1) is 8.68 Å². The summed E-state index contributed by atoms with van der Waals surface area (Å²) in [6, 6.07) is 1.74. The van der Waals surface area contributed by atoms with Gasteiger partial charge in [0.15, 0.2) is 0 Å². The summed E-state index contributed by atoms with van der Waals surface area (Å²) in [5.41, 5.74) is 0. The predicted molar refractivity (Wildman–Crippen MR) is 70.5 cm³/mol. The number of rotatable bonds is 5. The first-order chi connectivity index (χ1) is 7.36. The molecule has 92 valence electrons. The average molecular weight is 327 g/mol. The van der Waals surface area contributed by atoms with Gasteiger partial charge in [-0.1, -0.05) is 0 Å². The molecule has 1 atom stereocenters. The molecule has 0 aliphatic heterocycles. The minimum Gasteiger partial charge on any atom is -0.316 e. The van der Waals surface area contributed by atoms with E-state index in [2.05, 4.69) is 26.0 Å². The van der Waals surface area contributed by atoms with Crippen molar-refractivity contribution in [1.29, 1.82) is 0 Å². The van der Waals surface area contributed by atoms with Gasteiger partial charge in [-0.2, -0.15) is 0 Å². The molecule has 1 aromatic heterocycles. The molecule has 1 unspecified atom stereocenters. The Hall–Kier alpha value is 0.0500. The van der Waals surface area contributed by atoms with Crippen molar-refractivity contribution >= 4 is 37.3 Å². The summed E-state index contributed by atoms with van der Waals surface area (Å²) in [4.78, 5) is 1.14. The fourth-order valence-electron chi connectivity index (χ4n) is 1.11. The second kappa shape index (κ2) is 5.59. The third kappa shape index (κ3) is 3.53. The van der Waals surface area contributed by atoms with Gasteiger partial charge >= 0.3 is 0 Å². The van der Waals surface area contributed by atoms with Gasteiger partial charge in [-0.3, -0.25) is 0 Å².